The number of aromatic nitrogens is 1. The van der Waals surface area contributed by atoms with Gasteiger partial charge in [-0.3, -0.25) is 4.98 Å². The summed E-state index contributed by atoms with van der Waals surface area (Å²) in [6.07, 6.45) is -3.92. The van der Waals surface area contributed by atoms with Gasteiger partial charge in [-0.1, -0.05) is 12.1 Å². The normalized spacial score (nSPS) is 12.7. The van der Waals surface area contributed by atoms with Crippen molar-refractivity contribution in [1.82, 2.24) is 4.98 Å². The molecule has 1 aromatic heterocycles. The summed E-state index contributed by atoms with van der Waals surface area (Å²) in [6.45, 7) is 5.78. The molecule has 2 aromatic carbocycles. The minimum atomic E-state index is -4.46. The second kappa shape index (κ2) is 10.7. The molecule has 0 amide bonds. The highest BCUT2D eigenvalue weighted by Crippen LogP contribution is 2.35. The number of aliphatic carboxylic acids is 1. The van der Waals surface area contributed by atoms with Crippen molar-refractivity contribution in [2.75, 3.05) is 6.61 Å². The lowest BCUT2D eigenvalue weighted by Crippen LogP contribution is -2.26. The van der Waals surface area contributed by atoms with Gasteiger partial charge in [0.05, 0.1) is 22.7 Å². The number of halogens is 3. The van der Waals surface area contributed by atoms with E-state index < -0.39 is 23.8 Å². The molecule has 3 rings (SSSR count). The van der Waals surface area contributed by atoms with Crippen LogP contribution >= 0.6 is 0 Å². The number of carboxylic acid groups (broad SMARTS) is 1. The summed E-state index contributed by atoms with van der Waals surface area (Å²) in [6, 6.07) is 10.3. The second-order valence-corrected chi connectivity index (χ2v) is 7.93. The van der Waals surface area contributed by atoms with Crippen LogP contribution in [0.25, 0.3) is 10.9 Å². The first kappa shape index (κ1) is 25.3. The van der Waals surface area contributed by atoms with Gasteiger partial charge in [0.1, 0.15) is 18.1 Å². The van der Waals surface area contributed by atoms with Crippen molar-refractivity contribution in [3.63, 3.8) is 0 Å². The van der Waals surface area contributed by atoms with Gasteiger partial charge < -0.3 is 19.3 Å². The number of hydrogen-bond acceptors (Lipinski definition) is 5. The zero-order valence-corrected chi connectivity index (χ0v) is 19.1. The van der Waals surface area contributed by atoms with Crippen molar-refractivity contribution in [1.29, 1.82) is 0 Å². The first-order valence-corrected chi connectivity index (χ1v) is 10.8. The Morgan fingerprint density at radius 2 is 1.82 bits per heavy atom. The SMILES string of the molecule is CCOC(Cc1ccc(OCc2cnc3cc(C(F)(F)F)ccc3c2OC(C)C)cc1)C(=O)O. The number of carbonyl (C=O) groups is 1. The third kappa shape index (κ3) is 6.38. The van der Waals surface area contributed by atoms with Gasteiger partial charge in [-0.25, -0.2) is 4.79 Å². The van der Waals surface area contributed by atoms with E-state index in [1.807, 2.05) is 13.8 Å². The third-order valence-electron chi connectivity index (χ3n) is 4.96. The molecular weight excluding hydrogens is 451 g/mol. The number of nitrogens with zero attached hydrogens (tertiary/aromatic N) is 1. The summed E-state index contributed by atoms with van der Waals surface area (Å²) in [7, 11) is 0. The Kier molecular flexibility index (Phi) is 7.98. The van der Waals surface area contributed by atoms with Crippen LogP contribution in [0.1, 0.15) is 37.5 Å². The second-order valence-electron chi connectivity index (χ2n) is 7.93. The summed E-state index contributed by atoms with van der Waals surface area (Å²) in [5.74, 6) is -0.0626. The van der Waals surface area contributed by atoms with Crippen LogP contribution in [0, 0.1) is 0 Å². The number of fused-ring (bicyclic) bond motifs is 1. The van der Waals surface area contributed by atoms with Crippen molar-refractivity contribution in [2.24, 2.45) is 0 Å². The Balaban J connectivity index is 1.79. The topological polar surface area (TPSA) is 77.9 Å². The zero-order chi connectivity index (χ0) is 24.9. The van der Waals surface area contributed by atoms with Crippen LogP contribution in [-0.4, -0.2) is 34.9 Å². The Labute approximate surface area is 195 Å². The Bertz CT molecular complexity index is 1130. The molecule has 0 fully saturated rings. The van der Waals surface area contributed by atoms with E-state index in [-0.39, 0.29) is 24.6 Å². The molecule has 1 unspecified atom stereocenters. The minimum absolute atomic E-state index is 0.0854. The van der Waals surface area contributed by atoms with Crippen molar-refractivity contribution < 1.29 is 37.3 Å². The number of ether oxygens (including phenoxy) is 3. The maximum absolute atomic E-state index is 13.1. The summed E-state index contributed by atoms with van der Waals surface area (Å²) in [5, 5.41) is 9.69. The summed E-state index contributed by atoms with van der Waals surface area (Å²) >= 11 is 0. The molecule has 0 spiro atoms. The lowest BCUT2D eigenvalue weighted by Gasteiger charge is -2.18. The maximum atomic E-state index is 13.1. The molecule has 1 atom stereocenters. The van der Waals surface area contributed by atoms with E-state index in [2.05, 4.69) is 4.98 Å². The molecule has 0 saturated carbocycles. The zero-order valence-electron chi connectivity index (χ0n) is 19.1. The molecule has 0 radical (unpaired) electrons. The summed E-state index contributed by atoms with van der Waals surface area (Å²) < 4.78 is 56.2. The number of carboxylic acids is 1. The molecule has 0 aliphatic heterocycles. The molecule has 0 aliphatic rings. The van der Waals surface area contributed by atoms with E-state index in [0.717, 1.165) is 17.7 Å². The number of alkyl halides is 3. The molecule has 9 heteroatoms. The standard InChI is InChI=1S/C25H26F3NO5/c1-4-32-22(24(30)31)11-16-5-8-19(9-6-16)33-14-17-13-29-21-12-18(25(26,27)28)7-10-20(21)23(17)34-15(2)3/h5-10,12-13,15,22H,4,11,14H2,1-3H3,(H,30,31). The van der Waals surface area contributed by atoms with Crippen LogP contribution in [0.4, 0.5) is 13.2 Å². The molecule has 1 heterocycles. The van der Waals surface area contributed by atoms with Gasteiger partial charge in [0.25, 0.3) is 0 Å². The van der Waals surface area contributed by atoms with Crippen molar-refractivity contribution in [2.45, 2.75) is 52.2 Å². The van der Waals surface area contributed by atoms with Gasteiger partial charge in [-0.15, -0.1) is 0 Å². The maximum Gasteiger partial charge on any atom is 0.416 e. The molecule has 0 bridgehead atoms. The monoisotopic (exact) mass is 477 g/mol. The minimum Gasteiger partial charge on any atom is -0.490 e. The largest absolute Gasteiger partial charge is 0.490 e. The Hall–Kier alpha value is -3.33. The highest BCUT2D eigenvalue weighted by molar-refractivity contribution is 5.86. The molecule has 3 aromatic rings. The fourth-order valence-electron chi connectivity index (χ4n) is 3.38. The van der Waals surface area contributed by atoms with Gasteiger partial charge in [-0.2, -0.15) is 13.2 Å². The van der Waals surface area contributed by atoms with Gasteiger partial charge >= 0.3 is 12.1 Å². The number of benzene rings is 2. The fourth-order valence-corrected chi connectivity index (χ4v) is 3.38. The molecule has 0 aliphatic carbocycles. The van der Waals surface area contributed by atoms with E-state index in [4.69, 9.17) is 14.2 Å². The van der Waals surface area contributed by atoms with Crippen LogP contribution in [0.15, 0.2) is 48.7 Å². The lowest BCUT2D eigenvalue weighted by atomic mass is 10.1. The predicted molar refractivity (Wildman–Crippen MR) is 120 cm³/mol. The molecule has 1 N–H and O–H groups in total. The first-order valence-electron chi connectivity index (χ1n) is 10.8. The van der Waals surface area contributed by atoms with Crippen LogP contribution in [0.2, 0.25) is 0 Å². The van der Waals surface area contributed by atoms with Crippen molar-refractivity contribution in [3.05, 3.63) is 65.4 Å². The highest BCUT2D eigenvalue weighted by Gasteiger charge is 2.31. The molecule has 182 valence electrons. The molecule has 0 saturated heterocycles. The first-order chi connectivity index (χ1) is 16.1. The van der Waals surface area contributed by atoms with E-state index in [9.17, 15) is 23.1 Å². The van der Waals surface area contributed by atoms with Gasteiger partial charge in [0.15, 0.2) is 6.10 Å². The summed E-state index contributed by atoms with van der Waals surface area (Å²) in [4.78, 5) is 15.5. The van der Waals surface area contributed by atoms with Gasteiger partial charge in [-0.05, 0) is 56.7 Å². The van der Waals surface area contributed by atoms with Gasteiger partial charge in [0, 0.05) is 24.6 Å². The average Bonchev–Trinajstić information content (AvgIpc) is 2.77. The highest BCUT2D eigenvalue weighted by atomic mass is 19.4. The fraction of sp³-hybridized carbons (Fsp3) is 0.360. The van der Waals surface area contributed by atoms with E-state index in [1.54, 1.807) is 31.2 Å². The van der Waals surface area contributed by atoms with Crippen molar-refractivity contribution >= 4 is 16.9 Å². The van der Waals surface area contributed by atoms with Crippen LogP contribution in [0.5, 0.6) is 11.5 Å². The van der Waals surface area contributed by atoms with Crippen LogP contribution < -0.4 is 9.47 Å². The smallest absolute Gasteiger partial charge is 0.416 e. The number of rotatable bonds is 10. The average molecular weight is 477 g/mol. The van der Waals surface area contributed by atoms with E-state index >= 15 is 0 Å². The van der Waals surface area contributed by atoms with Gasteiger partial charge in [0.2, 0.25) is 0 Å². The van der Waals surface area contributed by atoms with Crippen LogP contribution in [-0.2, 0) is 28.7 Å². The molecule has 6 nitrogen and oxygen atoms in total. The number of hydrogen-bond donors (Lipinski definition) is 1. The molecule has 34 heavy (non-hydrogen) atoms. The Morgan fingerprint density at radius 3 is 2.41 bits per heavy atom. The molecular formula is C25H26F3NO5. The third-order valence-corrected chi connectivity index (χ3v) is 4.96. The lowest BCUT2D eigenvalue weighted by molar-refractivity contribution is -0.150. The van der Waals surface area contributed by atoms with E-state index in [1.165, 1.54) is 12.3 Å². The number of pyridine rings is 1. The summed E-state index contributed by atoms with van der Waals surface area (Å²) in [5.41, 5.74) is 0.777. The Morgan fingerprint density at radius 1 is 1.12 bits per heavy atom. The van der Waals surface area contributed by atoms with Crippen LogP contribution in [0.3, 0.4) is 0 Å². The van der Waals surface area contributed by atoms with E-state index in [0.29, 0.717) is 29.1 Å². The van der Waals surface area contributed by atoms with Crippen molar-refractivity contribution in [3.8, 4) is 11.5 Å². The predicted octanol–water partition coefficient (Wildman–Crippen LogP) is 5.65. The quantitative estimate of drug-likeness (QED) is 0.407.